The second kappa shape index (κ2) is 9.46. The van der Waals surface area contributed by atoms with Crippen LogP contribution in [0.1, 0.15) is 25.3 Å². The summed E-state index contributed by atoms with van der Waals surface area (Å²) in [4.78, 5) is 6.80. The molecule has 22 heavy (non-hydrogen) atoms. The van der Waals surface area contributed by atoms with Crippen molar-refractivity contribution >= 4 is 5.96 Å². The molecule has 1 fully saturated rings. The summed E-state index contributed by atoms with van der Waals surface area (Å²) < 4.78 is 5.36. The van der Waals surface area contributed by atoms with Crippen LogP contribution in [0, 0.1) is 5.92 Å². The largest absolute Gasteiger partial charge is 0.382 e. The summed E-state index contributed by atoms with van der Waals surface area (Å²) in [6.07, 6.45) is 3.43. The number of rotatable bonds is 7. The molecule has 0 bridgehead atoms. The molecule has 1 aromatic carbocycles. The maximum Gasteiger partial charge on any atom is 0.193 e. The van der Waals surface area contributed by atoms with Gasteiger partial charge in [-0.1, -0.05) is 30.3 Å². The van der Waals surface area contributed by atoms with Gasteiger partial charge in [-0.25, -0.2) is 0 Å². The van der Waals surface area contributed by atoms with E-state index in [0.717, 1.165) is 51.1 Å². The Bertz CT molecular complexity index is 447. The van der Waals surface area contributed by atoms with Crippen LogP contribution in [-0.4, -0.2) is 50.8 Å². The third kappa shape index (κ3) is 5.34. The van der Waals surface area contributed by atoms with Crippen LogP contribution < -0.4 is 5.32 Å². The quantitative estimate of drug-likeness (QED) is 0.478. The van der Waals surface area contributed by atoms with Crippen LogP contribution in [0.3, 0.4) is 0 Å². The number of benzene rings is 1. The molecule has 122 valence electrons. The number of nitrogens with zero attached hydrogens (tertiary/aromatic N) is 2. The molecule has 1 saturated heterocycles. The summed E-state index contributed by atoms with van der Waals surface area (Å²) in [5, 5.41) is 3.45. The summed E-state index contributed by atoms with van der Waals surface area (Å²) >= 11 is 0. The zero-order chi connectivity index (χ0) is 15.6. The van der Waals surface area contributed by atoms with Gasteiger partial charge in [0.1, 0.15) is 0 Å². The minimum Gasteiger partial charge on any atom is -0.382 e. The Morgan fingerprint density at radius 1 is 1.36 bits per heavy atom. The van der Waals surface area contributed by atoms with E-state index in [2.05, 4.69) is 45.5 Å². The van der Waals surface area contributed by atoms with Gasteiger partial charge >= 0.3 is 0 Å². The van der Waals surface area contributed by atoms with Crippen molar-refractivity contribution in [3.63, 3.8) is 0 Å². The molecule has 1 heterocycles. The third-order valence-corrected chi connectivity index (χ3v) is 4.12. The number of ether oxygens (including phenoxy) is 1. The molecule has 0 amide bonds. The SMILES string of the molecule is CCOCCCNC(=NC)N1CCC(Cc2ccccc2)C1. The Morgan fingerprint density at radius 3 is 2.91 bits per heavy atom. The first-order valence-electron chi connectivity index (χ1n) is 8.40. The van der Waals surface area contributed by atoms with Gasteiger partial charge in [0.25, 0.3) is 0 Å². The smallest absolute Gasteiger partial charge is 0.193 e. The van der Waals surface area contributed by atoms with Gasteiger partial charge in [-0.05, 0) is 37.7 Å². The number of hydrogen-bond donors (Lipinski definition) is 1. The molecule has 1 aliphatic rings. The highest BCUT2D eigenvalue weighted by molar-refractivity contribution is 5.80. The van der Waals surface area contributed by atoms with Crippen molar-refractivity contribution in [2.75, 3.05) is 39.9 Å². The van der Waals surface area contributed by atoms with Gasteiger partial charge in [0.05, 0.1) is 0 Å². The Kier molecular flexibility index (Phi) is 7.23. The van der Waals surface area contributed by atoms with Crippen molar-refractivity contribution in [1.82, 2.24) is 10.2 Å². The highest BCUT2D eigenvalue weighted by atomic mass is 16.5. The summed E-state index contributed by atoms with van der Waals surface area (Å²) in [6.45, 7) is 6.76. The predicted octanol–water partition coefficient (Wildman–Crippen LogP) is 2.55. The first-order chi connectivity index (χ1) is 10.8. The maximum atomic E-state index is 5.36. The van der Waals surface area contributed by atoms with E-state index in [1.54, 1.807) is 0 Å². The second-order valence-electron chi connectivity index (χ2n) is 5.81. The van der Waals surface area contributed by atoms with E-state index in [1.807, 2.05) is 14.0 Å². The molecule has 0 spiro atoms. The Morgan fingerprint density at radius 2 is 2.18 bits per heavy atom. The molecular formula is C18H29N3O. The first kappa shape index (κ1) is 16.8. The molecule has 4 nitrogen and oxygen atoms in total. The molecule has 0 saturated carbocycles. The number of nitrogens with one attached hydrogen (secondary N) is 1. The lowest BCUT2D eigenvalue weighted by Gasteiger charge is -2.21. The van der Waals surface area contributed by atoms with Crippen molar-refractivity contribution < 1.29 is 4.74 Å². The molecule has 0 aliphatic carbocycles. The number of hydrogen-bond acceptors (Lipinski definition) is 2. The molecule has 1 aromatic rings. The van der Waals surface area contributed by atoms with Crippen LogP contribution in [0.15, 0.2) is 35.3 Å². The number of guanidine groups is 1. The predicted molar refractivity (Wildman–Crippen MR) is 92.3 cm³/mol. The van der Waals surface area contributed by atoms with E-state index in [4.69, 9.17) is 4.74 Å². The fourth-order valence-electron chi connectivity index (χ4n) is 2.99. The van der Waals surface area contributed by atoms with Crippen LogP contribution in [0.2, 0.25) is 0 Å². The molecule has 1 aliphatic heterocycles. The van der Waals surface area contributed by atoms with Gasteiger partial charge in [0.2, 0.25) is 0 Å². The Hall–Kier alpha value is -1.55. The fraction of sp³-hybridized carbons (Fsp3) is 0.611. The molecule has 1 unspecified atom stereocenters. The highest BCUT2D eigenvalue weighted by Gasteiger charge is 2.24. The van der Waals surface area contributed by atoms with Gasteiger partial charge < -0.3 is 15.0 Å². The number of likely N-dealkylation sites (tertiary alicyclic amines) is 1. The van der Waals surface area contributed by atoms with Crippen molar-refractivity contribution in [3.8, 4) is 0 Å². The lowest BCUT2D eigenvalue weighted by atomic mass is 9.99. The zero-order valence-corrected chi connectivity index (χ0v) is 13.9. The van der Waals surface area contributed by atoms with Crippen LogP contribution in [-0.2, 0) is 11.2 Å². The standard InChI is InChI=1S/C18H29N3O/c1-3-22-13-7-11-20-18(19-2)21-12-10-17(15-21)14-16-8-5-4-6-9-16/h4-6,8-9,17H,3,7,10-15H2,1-2H3,(H,19,20). The molecule has 1 N–H and O–H groups in total. The summed E-state index contributed by atoms with van der Waals surface area (Å²) in [7, 11) is 1.87. The monoisotopic (exact) mass is 303 g/mol. The Balaban J connectivity index is 1.73. The fourth-order valence-corrected chi connectivity index (χ4v) is 2.99. The topological polar surface area (TPSA) is 36.9 Å². The normalized spacial score (nSPS) is 18.7. The van der Waals surface area contributed by atoms with E-state index in [9.17, 15) is 0 Å². The molecular weight excluding hydrogens is 274 g/mol. The second-order valence-corrected chi connectivity index (χ2v) is 5.81. The zero-order valence-electron chi connectivity index (χ0n) is 13.9. The lowest BCUT2D eigenvalue weighted by Crippen LogP contribution is -2.40. The number of aliphatic imine (C=N–C) groups is 1. The van der Waals surface area contributed by atoms with Gasteiger partial charge in [-0.15, -0.1) is 0 Å². The van der Waals surface area contributed by atoms with E-state index < -0.39 is 0 Å². The van der Waals surface area contributed by atoms with E-state index >= 15 is 0 Å². The maximum absolute atomic E-state index is 5.36. The Labute approximate surface area is 134 Å². The summed E-state index contributed by atoms with van der Waals surface area (Å²) in [6, 6.07) is 10.8. The van der Waals surface area contributed by atoms with Gasteiger partial charge in [-0.3, -0.25) is 4.99 Å². The highest BCUT2D eigenvalue weighted by Crippen LogP contribution is 2.20. The first-order valence-corrected chi connectivity index (χ1v) is 8.40. The van der Waals surface area contributed by atoms with E-state index in [1.165, 1.54) is 18.4 Å². The molecule has 1 atom stereocenters. The van der Waals surface area contributed by atoms with Crippen LogP contribution in [0.4, 0.5) is 0 Å². The van der Waals surface area contributed by atoms with Crippen LogP contribution in [0.25, 0.3) is 0 Å². The minimum absolute atomic E-state index is 0.726. The third-order valence-electron chi connectivity index (χ3n) is 4.12. The van der Waals surface area contributed by atoms with Crippen LogP contribution in [0.5, 0.6) is 0 Å². The van der Waals surface area contributed by atoms with Crippen molar-refractivity contribution in [3.05, 3.63) is 35.9 Å². The minimum atomic E-state index is 0.726. The summed E-state index contributed by atoms with van der Waals surface area (Å²) in [5.41, 5.74) is 1.44. The molecule has 2 rings (SSSR count). The average Bonchev–Trinajstić information content (AvgIpc) is 3.00. The van der Waals surface area contributed by atoms with Gasteiger partial charge in [0, 0.05) is 39.9 Å². The van der Waals surface area contributed by atoms with Crippen LogP contribution >= 0.6 is 0 Å². The summed E-state index contributed by atoms with van der Waals surface area (Å²) in [5.74, 6) is 1.76. The van der Waals surface area contributed by atoms with E-state index in [-0.39, 0.29) is 0 Å². The van der Waals surface area contributed by atoms with E-state index in [0.29, 0.717) is 0 Å². The molecule has 4 heteroatoms. The van der Waals surface area contributed by atoms with Crippen molar-refractivity contribution in [1.29, 1.82) is 0 Å². The molecule has 0 aromatic heterocycles. The van der Waals surface area contributed by atoms with Crippen molar-refractivity contribution in [2.24, 2.45) is 10.9 Å². The average molecular weight is 303 g/mol. The van der Waals surface area contributed by atoms with Crippen molar-refractivity contribution in [2.45, 2.75) is 26.2 Å². The molecule has 0 radical (unpaired) electrons. The van der Waals surface area contributed by atoms with Gasteiger partial charge in [0.15, 0.2) is 5.96 Å². The van der Waals surface area contributed by atoms with Gasteiger partial charge in [-0.2, -0.15) is 0 Å². The lowest BCUT2D eigenvalue weighted by molar-refractivity contribution is 0.145.